The van der Waals surface area contributed by atoms with Crippen LogP contribution < -0.4 is 10.2 Å². The molecule has 1 fully saturated rings. The SMILES string of the molecule is CCC(CC)C(=O)NCCCN1CCN(c2cccc(C(F)(F)F)c2)CC1. The highest BCUT2D eigenvalue weighted by atomic mass is 19.4. The Bertz CT molecular complexity index is 594. The van der Waals surface area contributed by atoms with Crippen molar-refractivity contribution in [2.75, 3.05) is 44.2 Å². The summed E-state index contributed by atoms with van der Waals surface area (Å²) in [4.78, 5) is 16.2. The number of hydrogen-bond donors (Lipinski definition) is 1. The smallest absolute Gasteiger partial charge is 0.369 e. The van der Waals surface area contributed by atoms with Crippen LogP contribution >= 0.6 is 0 Å². The van der Waals surface area contributed by atoms with Gasteiger partial charge < -0.3 is 10.2 Å². The lowest BCUT2D eigenvalue weighted by Gasteiger charge is -2.36. The van der Waals surface area contributed by atoms with Crippen molar-refractivity contribution < 1.29 is 18.0 Å². The number of anilines is 1. The van der Waals surface area contributed by atoms with E-state index in [-0.39, 0.29) is 11.8 Å². The van der Waals surface area contributed by atoms with E-state index in [2.05, 4.69) is 10.2 Å². The van der Waals surface area contributed by atoms with Gasteiger partial charge in [-0.1, -0.05) is 19.9 Å². The van der Waals surface area contributed by atoms with Crippen LogP contribution in [0.5, 0.6) is 0 Å². The summed E-state index contributed by atoms with van der Waals surface area (Å²) in [7, 11) is 0. The molecule has 1 aromatic rings. The van der Waals surface area contributed by atoms with E-state index in [1.165, 1.54) is 12.1 Å². The lowest BCUT2D eigenvalue weighted by molar-refractivity contribution is -0.137. The monoisotopic (exact) mass is 385 g/mol. The van der Waals surface area contributed by atoms with Crippen LogP contribution in [0.3, 0.4) is 0 Å². The molecule has 1 aliphatic heterocycles. The second-order valence-corrected chi connectivity index (χ2v) is 7.03. The van der Waals surface area contributed by atoms with Crippen molar-refractivity contribution in [3.63, 3.8) is 0 Å². The van der Waals surface area contributed by atoms with Gasteiger partial charge in [0.1, 0.15) is 0 Å². The number of nitrogens with zero attached hydrogens (tertiary/aromatic N) is 2. The average molecular weight is 385 g/mol. The van der Waals surface area contributed by atoms with E-state index in [9.17, 15) is 18.0 Å². The van der Waals surface area contributed by atoms with Crippen LogP contribution in [0.25, 0.3) is 0 Å². The largest absolute Gasteiger partial charge is 0.416 e. The van der Waals surface area contributed by atoms with Crippen LogP contribution in [0.4, 0.5) is 18.9 Å². The minimum atomic E-state index is -4.31. The first-order valence-electron chi connectivity index (χ1n) is 9.77. The molecule has 0 saturated carbocycles. The highest BCUT2D eigenvalue weighted by Gasteiger charge is 2.31. The Kier molecular flexibility index (Phi) is 7.95. The zero-order valence-electron chi connectivity index (χ0n) is 16.2. The van der Waals surface area contributed by atoms with Crippen LogP contribution in [0.15, 0.2) is 24.3 Å². The number of piperazine rings is 1. The number of carbonyl (C=O) groups is 1. The third kappa shape index (κ3) is 6.41. The quantitative estimate of drug-likeness (QED) is 0.692. The van der Waals surface area contributed by atoms with Crippen molar-refractivity contribution in [2.45, 2.75) is 39.3 Å². The molecule has 0 unspecified atom stereocenters. The number of rotatable bonds is 8. The molecule has 0 radical (unpaired) electrons. The summed E-state index contributed by atoms with van der Waals surface area (Å²) < 4.78 is 38.6. The van der Waals surface area contributed by atoms with E-state index in [1.54, 1.807) is 6.07 Å². The first kappa shape index (κ1) is 21.5. The molecule has 0 spiro atoms. The van der Waals surface area contributed by atoms with Crippen molar-refractivity contribution in [1.29, 1.82) is 0 Å². The molecular weight excluding hydrogens is 355 g/mol. The van der Waals surface area contributed by atoms with Gasteiger partial charge in [0.15, 0.2) is 0 Å². The van der Waals surface area contributed by atoms with Crippen molar-refractivity contribution in [3.05, 3.63) is 29.8 Å². The highest BCUT2D eigenvalue weighted by Crippen LogP contribution is 2.31. The summed E-state index contributed by atoms with van der Waals surface area (Å²) in [6.07, 6.45) is -1.70. The van der Waals surface area contributed by atoms with Gasteiger partial charge in [0.05, 0.1) is 5.56 Å². The molecule has 0 aliphatic carbocycles. The fraction of sp³-hybridized carbons (Fsp3) is 0.650. The molecule has 4 nitrogen and oxygen atoms in total. The van der Waals surface area contributed by atoms with Crippen LogP contribution in [0.1, 0.15) is 38.7 Å². The Labute approximate surface area is 159 Å². The van der Waals surface area contributed by atoms with E-state index in [0.717, 1.165) is 45.0 Å². The molecule has 1 aromatic carbocycles. The predicted molar refractivity (Wildman–Crippen MR) is 102 cm³/mol. The summed E-state index contributed by atoms with van der Waals surface area (Å²) in [6.45, 7) is 8.66. The minimum absolute atomic E-state index is 0.0982. The predicted octanol–water partition coefficient (Wildman–Crippen LogP) is 3.77. The molecule has 1 amide bonds. The first-order valence-corrected chi connectivity index (χ1v) is 9.77. The van der Waals surface area contributed by atoms with Gasteiger partial charge in [0.2, 0.25) is 5.91 Å². The molecule has 0 aromatic heterocycles. The Morgan fingerprint density at radius 1 is 1.15 bits per heavy atom. The van der Waals surface area contributed by atoms with Gasteiger partial charge in [-0.15, -0.1) is 0 Å². The first-order chi connectivity index (χ1) is 12.8. The zero-order valence-corrected chi connectivity index (χ0v) is 16.2. The van der Waals surface area contributed by atoms with E-state index in [4.69, 9.17) is 0 Å². The highest BCUT2D eigenvalue weighted by molar-refractivity contribution is 5.78. The summed E-state index contributed by atoms with van der Waals surface area (Å²) >= 11 is 0. The van der Waals surface area contributed by atoms with Crippen molar-refractivity contribution in [3.8, 4) is 0 Å². The van der Waals surface area contributed by atoms with E-state index >= 15 is 0 Å². The topological polar surface area (TPSA) is 35.6 Å². The molecule has 1 aliphatic rings. The number of alkyl halides is 3. The number of nitrogens with one attached hydrogen (secondary N) is 1. The fourth-order valence-electron chi connectivity index (χ4n) is 3.43. The molecule has 1 N–H and O–H groups in total. The molecule has 0 bridgehead atoms. The van der Waals surface area contributed by atoms with Gasteiger partial charge in [-0.2, -0.15) is 13.2 Å². The van der Waals surface area contributed by atoms with Gasteiger partial charge >= 0.3 is 6.18 Å². The maximum Gasteiger partial charge on any atom is 0.416 e. The number of halogens is 3. The molecule has 0 atom stereocenters. The van der Waals surface area contributed by atoms with Crippen molar-refractivity contribution >= 4 is 11.6 Å². The van der Waals surface area contributed by atoms with Crippen molar-refractivity contribution in [2.24, 2.45) is 5.92 Å². The Morgan fingerprint density at radius 2 is 1.81 bits per heavy atom. The Morgan fingerprint density at radius 3 is 2.41 bits per heavy atom. The Hall–Kier alpha value is -1.76. The number of benzene rings is 1. The summed E-state index contributed by atoms with van der Waals surface area (Å²) in [5.41, 5.74) is 0.0255. The molecular formula is C20H30F3N3O. The maximum absolute atomic E-state index is 12.9. The van der Waals surface area contributed by atoms with Crippen LogP contribution in [-0.2, 0) is 11.0 Å². The van der Waals surface area contributed by atoms with Gasteiger partial charge in [-0.25, -0.2) is 0 Å². The number of amides is 1. The van der Waals surface area contributed by atoms with Gasteiger partial charge in [-0.05, 0) is 44.0 Å². The molecule has 152 valence electrons. The second-order valence-electron chi connectivity index (χ2n) is 7.03. The molecule has 2 rings (SSSR count). The van der Waals surface area contributed by atoms with E-state index in [0.29, 0.717) is 25.3 Å². The lowest BCUT2D eigenvalue weighted by Crippen LogP contribution is -2.47. The second kappa shape index (κ2) is 9.97. The third-order valence-corrected chi connectivity index (χ3v) is 5.22. The van der Waals surface area contributed by atoms with Crippen LogP contribution in [-0.4, -0.2) is 50.1 Å². The number of carbonyl (C=O) groups excluding carboxylic acids is 1. The molecule has 27 heavy (non-hydrogen) atoms. The third-order valence-electron chi connectivity index (χ3n) is 5.22. The number of hydrogen-bond acceptors (Lipinski definition) is 3. The van der Waals surface area contributed by atoms with Gasteiger partial charge in [0, 0.05) is 44.3 Å². The van der Waals surface area contributed by atoms with Gasteiger partial charge in [0.25, 0.3) is 0 Å². The van der Waals surface area contributed by atoms with Crippen molar-refractivity contribution in [1.82, 2.24) is 10.2 Å². The summed E-state index contributed by atoms with van der Waals surface area (Å²) in [5.74, 6) is 0.232. The fourth-order valence-corrected chi connectivity index (χ4v) is 3.43. The standard InChI is InChI=1S/C20H30F3N3O/c1-3-16(4-2)19(27)24-9-6-10-25-11-13-26(14-12-25)18-8-5-7-17(15-18)20(21,22)23/h5,7-8,15-16H,3-4,6,9-14H2,1-2H3,(H,24,27). The molecule has 1 saturated heterocycles. The average Bonchev–Trinajstić information content (AvgIpc) is 2.66. The minimum Gasteiger partial charge on any atom is -0.369 e. The van der Waals surface area contributed by atoms with Crippen LogP contribution in [0.2, 0.25) is 0 Å². The zero-order chi connectivity index (χ0) is 19.9. The van der Waals surface area contributed by atoms with E-state index in [1.807, 2.05) is 18.7 Å². The normalized spacial score (nSPS) is 16.0. The van der Waals surface area contributed by atoms with Gasteiger partial charge in [-0.3, -0.25) is 9.69 Å². The Balaban J connectivity index is 1.72. The van der Waals surface area contributed by atoms with Crippen LogP contribution in [0, 0.1) is 5.92 Å². The van der Waals surface area contributed by atoms with E-state index < -0.39 is 11.7 Å². The molecule has 7 heteroatoms. The molecule has 1 heterocycles. The summed E-state index contributed by atoms with van der Waals surface area (Å²) in [6, 6.07) is 5.53. The summed E-state index contributed by atoms with van der Waals surface area (Å²) in [5, 5.41) is 3.00. The maximum atomic E-state index is 12.9. The lowest BCUT2D eigenvalue weighted by atomic mass is 10.0.